The molecule has 2 rings (SSSR count). The molecule has 0 aromatic rings. The number of hydrogen-bond donors (Lipinski definition) is 2. The summed E-state index contributed by atoms with van der Waals surface area (Å²) in [6.07, 6.45) is 4.43. The van der Waals surface area contributed by atoms with Gasteiger partial charge in [0.15, 0.2) is 5.75 Å². The summed E-state index contributed by atoms with van der Waals surface area (Å²) in [5.74, 6) is 0.741. The lowest BCUT2D eigenvalue weighted by molar-refractivity contribution is -0.114. The second kappa shape index (κ2) is 11.0. The highest BCUT2D eigenvalue weighted by Gasteiger charge is 2.26. The molecule has 2 aliphatic rings. The van der Waals surface area contributed by atoms with Crippen molar-refractivity contribution in [1.82, 2.24) is 0 Å². The normalized spacial score (nSPS) is 10.7. The molecule has 0 fully saturated rings. The number of rotatable bonds is 9. The van der Waals surface area contributed by atoms with Crippen molar-refractivity contribution in [3.05, 3.63) is 35.4 Å². The number of amides is 1. The van der Waals surface area contributed by atoms with Crippen LogP contribution in [0.1, 0.15) is 57.6 Å². The van der Waals surface area contributed by atoms with E-state index in [2.05, 4.69) is 24.9 Å². The van der Waals surface area contributed by atoms with Crippen LogP contribution >= 0.6 is 12.6 Å². The molecule has 0 atom stereocenters. The number of anilines is 1. The molecule has 0 heterocycles. The maximum Gasteiger partial charge on any atom is 0.513 e. The van der Waals surface area contributed by atoms with Gasteiger partial charge in [0, 0.05) is 18.2 Å². The molecule has 2 aliphatic carbocycles. The number of nitrogens with one attached hydrogen (secondary N) is 1. The van der Waals surface area contributed by atoms with E-state index in [-0.39, 0.29) is 12.5 Å². The Balaban J connectivity index is 2.56. The van der Waals surface area contributed by atoms with Gasteiger partial charge < -0.3 is 14.8 Å². The molecule has 28 heavy (non-hydrogen) atoms. The van der Waals surface area contributed by atoms with Crippen LogP contribution in [0.15, 0.2) is 24.3 Å². The topological polar surface area (TPSA) is 64.6 Å². The molecule has 152 valence electrons. The fourth-order valence-corrected chi connectivity index (χ4v) is 3.43. The van der Waals surface area contributed by atoms with Crippen LogP contribution in [0.3, 0.4) is 0 Å². The quantitative estimate of drug-likeness (QED) is 0.314. The largest absolute Gasteiger partial charge is 0.513 e. The lowest BCUT2D eigenvalue weighted by Crippen LogP contribution is -2.13. The lowest BCUT2D eigenvalue weighted by atomic mass is 10.0. The number of carbonyl (C=O) groups excluding carboxylic acids is 2. The Bertz CT molecular complexity index is 791. The predicted octanol–water partition coefficient (Wildman–Crippen LogP) is 5.84. The Hall–Kier alpha value is -2.21. The van der Waals surface area contributed by atoms with E-state index in [4.69, 9.17) is 9.47 Å². The van der Waals surface area contributed by atoms with Crippen LogP contribution in [-0.2, 0) is 21.7 Å². The van der Waals surface area contributed by atoms with Gasteiger partial charge in [-0.25, -0.2) is 4.79 Å². The first-order valence-corrected chi connectivity index (χ1v) is 10.5. The first-order valence-electron chi connectivity index (χ1n) is 9.82. The second-order valence-corrected chi connectivity index (χ2v) is 7.00. The fraction of sp³-hybridized carbons (Fsp3) is 0.455. The molecule has 0 aliphatic heterocycles. The molecular formula is C22H29NO4S. The van der Waals surface area contributed by atoms with Gasteiger partial charge in [0.2, 0.25) is 5.91 Å². The summed E-state index contributed by atoms with van der Waals surface area (Å²) in [6, 6.07) is 7.89. The Labute approximate surface area is 172 Å². The summed E-state index contributed by atoms with van der Waals surface area (Å²) in [5.41, 5.74) is 4.34. The highest BCUT2D eigenvalue weighted by atomic mass is 32.1. The molecule has 0 spiro atoms. The zero-order chi connectivity index (χ0) is 20.5. The van der Waals surface area contributed by atoms with E-state index in [1.165, 1.54) is 6.92 Å². The van der Waals surface area contributed by atoms with Gasteiger partial charge in [-0.3, -0.25) is 4.79 Å². The van der Waals surface area contributed by atoms with Crippen LogP contribution in [0.25, 0.3) is 11.1 Å². The average Bonchev–Trinajstić information content (AvgIpc) is 2.80. The van der Waals surface area contributed by atoms with E-state index < -0.39 is 6.16 Å². The van der Waals surface area contributed by atoms with Gasteiger partial charge in [-0.1, -0.05) is 50.5 Å². The maximum atomic E-state index is 12.0. The number of fused-ring (bicyclic) bond motifs is 1. The highest BCUT2D eigenvalue weighted by molar-refractivity contribution is 7.79. The van der Waals surface area contributed by atoms with Crippen LogP contribution in [0.4, 0.5) is 10.5 Å². The van der Waals surface area contributed by atoms with Gasteiger partial charge in [0.05, 0.1) is 12.3 Å². The van der Waals surface area contributed by atoms with Gasteiger partial charge in [-0.2, -0.15) is 12.6 Å². The highest BCUT2D eigenvalue weighted by Crippen LogP contribution is 2.47. The summed E-state index contributed by atoms with van der Waals surface area (Å²) in [5, 5.41) is 2.87. The van der Waals surface area contributed by atoms with Crippen LogP contribution in [-0.4, -0.2) is 18.7 Å². The van der Waals surface area contributed by atoms with Crippen molar-refractivity contribution in [3.8, 4) is 16.9 Å². The lowest BCUT2D eigenvalue weighted by Gasteiger charge is -2.09. The van der Waals surface area contributed by atoms with Crippen LogP contribution < -0.4 is 10.1 Å². The summed E-state index contributed by atoms with van der Waals surface area (Å²) in [7, 11) is 0. The van der Waals surface area contributed by atoms with Gasteiger partial charge in [-0.15, -0.1) is 0 Å². The van der Waals surface area contributed by atoms with E-state index >= 15 is 0 Å². The summed E-state index contributed by atoms with van der Waals surface area (Å²) < 4.78 is 10.5. The van der Waals surface area contributed by atoms with Crippen LogP contribution in [0, 0.1) is 0 Å². The Kier molecular flexibility index (Phi) is 8.64. The Morgan fingerprint density at radius 3 is 2.36 bits per heavy atom. The SMILES string of the molecule is CCCCCCc1c2ccc(CS)ccc-2c(OC(=O)OCC)c1NC(C)=O. The summed E-state index contributed by atoms with van der Waals surface area (Å²) in [4.78, 5) is 23.9. The van der Waals surface area contributed by atoms with Crippen molar-refractivity contribution in [2.45, 2.75) is 58.6 Å². The van der Waals surface area contributed by atoms with E-state index in [1.54, 1.807) is 6.92 Å². The van der Waals surface area contributed by atoms with Crippen molar-refractivity contribution >= 4 is 30.4 Å². The third-order valence-corrected chi connectivity index (χ3v) is 4.89. The van der Waals surface area contributed by atoms with Crippen molar-refractivity contribution in [2.24, 2.45) is 0 Å². The zero-order valence-electron chi connectivity index (χ0n) is 16.8. The number of thiol groups is 1. The predicted molar refractivity (Wildman–Crippen MR) is 116 cm³/mol. The first-order chi connectivity index (χ1) is 13.5. The van der Waals surface area contributed by atoms with E-state index in [1.807, 2.05) is 24.3 Å². The van der Waals surface area contributed by atoms with E-state index in [0.29, 0.717) is 17.2 Å². The van der Waals surface area contributed by atoms with Crippen molar-refractivity contribution < 1.29 is 19.1 Å². The molecule has 5 nitrogen and oxygen atoms in total. The van der Waals surface area contributed by atoms with Crippen LogP contribution in [0.5, 0.6) is 5.75 Å². The monoisotopic (exact) mass is 403 g/mol. The van der Waals surface area contributed by atoms with Gasteiger partial charge in [0.25, 0.3) is 0 Å². The van der Waals surface area contributed by atoms with Crippen molar-refractivity contribution in [2.75, 3.05) is 11.9 Å². The molecule has 0 saturated heterocycles. The molecule has 0 radical (unpaired) electrons. The minimum atomic E-state index is -0.778. The Morgan fingerprint density at radius 1 is 1.04 bits per heavy atom. The molecule has 0 unspecified atom stereocenters. The smallest absolute Gasteiger partial charge is 0.434 e. The minimum absolute atomic E-state index is 0.209. The van der Waals surface area contributed by atoms with Crippen molar-refractivity contribution in [1.29, 1.82) is 0 Å². The molecule has 6 heteroatoms. The standard InChI is InChI=1S/C22H29NO4S/c1-4-6-7-8-9-18-17-12-10-16(14-28)11-13-19(17)21(20(18)23-15(3)24)27-22(25)26-5-2/h10-13,28H,4-9,14H2,1-3H3,(H,23,24). The van der Waals surface area contributed by atoms with Gasteiger partial charge in [0.1, 0.15) is 0 Å². The molecule has 1 N–H and O–H groups in total. The summed E-state index contributed by atoms with van der Waals surface area (Å²) in [6.45, 7) is 5.56. The molecule has 0 saturated carbocycles. The average molecular weight is 404 g/mol. The van der Waals surface area contributed by atoms with Gasteiger partial charge in [-0.05, 0) is 36.5 Å². The minimum Gasteiger partial charge on any atom is -0.434 e. The maximum absolute atomic E-state index is 12.0. The number of hydrogen-bond acceptors (Lipinski definition) is 5. The number of ether oxygens (including phenoxy) is 2. The molecule has 1 amide bonds. The third-order valence-electron chi connectivity index (χ3n) is 4.53. The van der Waals surface area contributed by atoms with Crippen LogP contribution in [0.2, 0.25) is 0 Å². The molecule has 0 bridgehead atoms. The van der Waals surface area contributed by atoms with E-state index in [9.17, 15) is 9.59 Å². The molecule has 0 aromatic heterocycles. The van der Waals surface area contributed by atoms with E-state index in [0.717, 1.165) is 54.4 Å². The molecule has 0 aromatic carbocycles. The molecular weight excluding hydrogens is 374 g/mol. The zero-order valence-corrected chi connectivity index (χ0v) is 17.7. The second-order valence-electron chi connectivity index (χ2n) is 6.69. The van der Waals surface area contributed by atoms with Gasteiger partial charge >= 0.3 is 6.16 Å². The summed E-state index contributed by atoms with van der Waals surface area (Å²) >= 11 is 4.35. The number of unbranched alkanes of at least 4 members (excludes halogenated alkanes) is 3. The van der Waals surface area contributed by atoms with Crippen molar-refractivity contribution in [3.63, 3.8) is 0 Å². The fourth-order valence-electron chi connectivity index (χ4n) is 3.22. The third kappa shape index (κ3) is 5.64. The number of carbonyl (C=O) groups is 2. The first kappa shape index (κ1) is 22.1. The Morgan fingerprint density at radius 2 is 1.75 bits per heavy atom.